The van der Waals surface area contributed by atoms with Crippen LogP contribution in [-0.4, -0.2) is 44.1 Å². The quantitative estimate of drug-likeness (QED) is 0.421. The van der Waals surface area contributed by atoms with Gasteiger partial charge in [0.15, 0.2) is 5.96 Å². The van der Waals surface area contributed by atoms with E-state index in [1.165, 1.54) is 32.4 Å². The van der Waals surface area contributed by atoms with E-state index in [0.717, 1.165) is 12.2 Å². The van der Waals surface area contributed by atoms with Gasteiger partial charge in [0.2, 0.25) is 0 Å². The molecule has 0 aliphatic carbocycles. The van der Waals surface area contributed by atoms with Gasteiger partial charge >= 0.3 is 0 Å². The lowest BCUT2D eigenvalue weighted by Crippen LogP contribution is -2.32. The molecule has 0 atom stereocenters. The lowest BCUT2D eigenvalue weighted by Gasteiger charge is -2.25. The van der Waals surface area contributed by atoms with Crippen molar-refractivity contribution in [3.8, 4) is 5.75 Å². The second kappa shape index (κ2) is 10.1. The van der Waals surface area contributed by atoms with Gasteiger partial charge in [-0.3, -0.25) is 4.99 Å². The monoisotopic (exact) mass is 438 g/mol. The SMILES string of the molecule is COc1ccc(NC(N)=NCCN2CCCCC2)cc1Cl.I. The number of halogens is 2. The van der Waals surface area contributed by atoms with Crippen LogP contribution >= 0.6 is 35.6 Å². The molecular formula is C15H24ClIN4O. The van der Waals surface area contributed by atoms with Crippen LogP contribution in [0.5, 0.6) is 5.75 Å². The first-order valence-electron chi connectivity index (χ1n) is 7.32. The van der Waals surface area contributed by atoms with E-state index >= 15 is 0 Å². The highest BCUT2D eigenvalue weighted by atomic mass is 127. The smallest absolute Gasteiger partial charge is 0.193 e. The van der Waals surface area contributed by atoms with Gasteiger partial charge in [-0.2, -0.15) is 0 Å². The van der Waals surface area contributed by atoms with Crippen molar-refractivity contribution in [2.75, 3.05) is 38.6 Å². The zero-order chi connectivity index (χ0) is 15.1. The normalized spacial score (nSPS) is 16.0. The molecule has 0 bridgehead atoms. The minimum absolute atomic E-state index is 0. The predicted octanol–water partition coefficient (Wildman–Crippen LogP) is 3.18. The molecule has 124 valence electrons. The average Bonchev–Trinajstić information content (AvgIpc) is 2.48. The van der Waals surface area contributed by atoms with E-state index in [9.17, 15) is 0 Å². The molecule has 1 saturated heterocycles. The number of piperidine rings is 1. The van der Waals surface area contributed by atoms with Crippen LogP contribution in [0.4, 0.5) is 5.69 Å². The summed E-state index contributed by atoms with van der Waals surface area (Å²) < 4.78 is 5.11. The van der Waals surface area contributed by atoms with Crippen molar-refractivity contribution in [2.45, 2.75) is 19.3 Å². The van der Waals surface area contributed by atoms with E-state index in [1.807, 2.05) is 6.07 Å². The first-order valence-corrected chi connectivity index (χ1v) is 7.69. The maximum absolute atomic E-state index is 6.07. The number of likely N-dealkylation sites (tertiary alicyclic amines) is 1. The molecule has 3 N–H and O–H groups in total. The van der Waals surface area contributed by atoms with Crippen LogP contribution in [0.3, 0.4) is 0 Å². The Kier molecular flexibility index (Phi) is 8.89. The molecule has 1 fully saturated rings. The number of ether oxygens (including phenoxy) is 1. The van der Waals surface area contributed by atoms with Crippen molar-refractivity contribution in [1.29, 1.82) is 0 Å². The zero-order valence-corrected chi connectivity index (χ0v) is 15.9. The number of rotatable bonds is 5. The number of guanidine groups is 1. The van der Waals surface area contributed by atoms with Crippen LogP contribution in [0, 0.1) is 0 Å². The molecule has 0 saturated carbocycles. The number of aliphatic imine (C=N–C) groups is 1. The molecule has 1 aliphatic heterocycles. The number of anilines is 1. The molecular weight excluding hydrogens is 415 g/mol. The van der Waals surface area contributed by atoms with Crippen LogP contribution < -0.4 is 15.8 Å². The maximum Gasteiger partial charge on any atom is 0.193 e. The fraction of sp³-hybridized carbons (Fsp3) is 0.533. The van der Waals surface area contributed by atoms with Gasteiger partial charge in [0.25, 0.3) is 0 Å². The van der Waals surface area contributed by atoms with Crippen LogP contribution in [0.25, 0.3) is 0 Å². The first kappa shape index (κ1) is 19.3. The Balaban J connectivity index is 0.00000242. The molecule has 0 spiro atoms. The van der Waals surface area contributed by atoms with Crippen molar-refractivity contribution >= 4 is 47.2 Å². The molecule has 1 aromatic carbocycles. The van der Waals surface area contributed by atoms with Crippen LogP contribution in [-0.2, 0) is 0 Å². The summed E-state index contributed by atoms with van der Waals surface area (Å²) in [7, 11) is 1.59. The minimum Gasteiger partial charge on any atom is -0.495 e. The van der Waals surface area contributed by atoms with E-state index in [0.29, 0.717) is 23.3 Å². The Morgan fingerprint density at radius 3 is 2.73 bits per heavy atom. The zero-order valence-electron chi connectivity index (χ0n) is 12.8. The molecule has 0 aromatic heterocycles. The van der Waals surface area contributed by atoms with Gasteiger partial charge in [0.1, 0.15) is 5.75 Å². The molecule has 1 heterocycles. The lowest BCUT2D eigenvalue weighted by atomic mass is 10.1. The summed E-state index contributed by atoms with van der Waals surface area (Å²) >= 11 is 6.07. The number of nitrogens with two attached hydrogens (primary N) is 1. The van der Waals surface area contributed by atoms with Gasteiger partial charge in [0.05, 0.1) is 18.7 Å². The molecule has 2 rings (SSSR count). The number of hydrogen-bond donors (Lipinski definition) is 2. The number of nitrogens with one attached hydrogen (secondary N) is 1. The van der Waals surface area contributed by atoms with Gasteiger partial charge in [0, 0.05) is 12.2 Å². The van der Waals surface area contributed by atoms with Gasteiger partial charge < -0.3 is 20.7 Å². The van der Waals surface area contributed by atoms with Crippen LogP contribution in [0.2, 0.25) is 5.02 Å². The van der Waals surface area contributed by atoms with E-state index in [2.05, 4.69) is 15.2 Å². The number of nitrogens with zero attached hydrogens (tertiary/aromatic N) is 2. The second-order valence-electron chi connectivity index (χ2n) is 5.14. The third-order valence-electron chi connectivity index (χ3n) is 3.57. The molecule has 0 radical (unpaired) electrons. The predicted molar refractivity (Wildman–Crippen MR) is 104 cm³/mol. The summed E-state index contributed by atoms with van der Waals surface area (Å²) in [5.41, 5.74) is 6.69. The summed E-state index contributed by atoms with van der Waals surface area (Å²) in [6, 6.07) is 5.43. The van der Waals surface area contributed by atoms with Gasteiger partial charge in [-0.15, -0.1) is 24.0 Å². The highest BCUT2D eigenvalue weighted by Gasteiger charge is 2.08. The minimum atomic E-state index is 0. The third-order valence-corrected chi connectivity index (χ3v) is 3.87. The molecule has 0 amide bonds. The summed E-state index contributed by atoms with van der Waals surface area (Å²) in [5.74, 6) is 1.05. The number of methoxy groups -OCH3 is 1. The van der Waals surface area contributed by atoms with Crippen molar-refractivity contribution in [3.63, 3.8) is 0 Å². The first-order chi connectivity index (χ1) is 10.2. The summed E-state index contributed by atoms with van der Waals surface area (Å²) in [6.45, 7) is 4.03. The molecule has 1 aromatic rings. The van der Waals surface area contributed by atoms with Crippen molar-refractivity contribution in [2.24, 2.45) is 10.7 Å². The maximum atomic E-state index is 6.07. The standard InChI is InChI=1S/C15H23ClN4O.HI/c1-21-14-6-5-12(11-13(14)16)19-15(17)18-7-10-20-8-3-2-4-9-20;/h5-6,11H,2-4,7-10H2,1H3,(H3,17,18,19);1H. The van der Waals surface area contributed by atoms with Crippen molar-refractivity contribution < 1.29 is 4.74 Å². The van der Waals surface area contributed by atoms with E-state index < -0.39 is 0 Å². The highest BCUT2D eigenvalue weighted by molar-refractivity contribution is 14.0. The Hall–Kier alpha value is -0.730. The Morgan fingerprint density at radius 2 is 2.09 bits per heavy atom. The topological polar surface area (TPSA) is 62.9 Å². The largest absolute Gasteiger partial charge is 0.495 e. The van der Waals surface area contributed by atoms with Gasteiger partial charge in [-0.05, 0) is 44.1 Å². The van der Waals surface area contributed by atoms with Gasteiger partial charge in [-0.1, -0.05) is 18.0 Å². The second-order valence-corrected chi connectivity index (χ2v) is 5.55. The van der Waals surface area contributed by atoms with E-state index in [4.69, 9.17) is 22.1 Å². The number of hydrogen-bond acceptors (Lipinski definition) is 3. The van der Waals surface area contributed by atoms with Gasteiger partial charge in [-0.25, -0.2) is 0 Å². The van der Waals surface area contributed by atoms with E-state index in [1.54, 1.807) is 19.2 Å². The summed E-state index contributed by atoms with van der Waals surface area (Å²) in [5, 5.41) is 3.59. The Bertz CT molecular complexity index is 492. The Morgan fingerprint density at radius 1 is 1.36 bits per heavy atom. The fourth-order valence-electron chi connectivity index (χ4n) is 2.43. The van der Waals surface area contributed by atoms with Crippen molar-refractivity contribution in [1.82, 2.24) is 4.90 Å². The molecule has 0 unspecified atom stereocenters. The summed E-state index contributed by atoms with van der Waals surface area (Å²) in [4.78, 5) is 6.79. The molecule has 7 heteroatoms. The average molecular weight is 439 g/mol. The fourth-order valence-corrected chi connectivity index (χ4v) is 2.68. The Labute approximate surface area is 154 Å². The van der Waals surface area contributed by atoms with E-state index in [-0.39, 0.29) is 24.0 Å². The highest BCUT2D eigenvalue weighted by Crippen LogP contribution is 2.26. The van der Waals surface area contributed by atoms with Crippen LogP contribution in [0.15, 0.2) is 23.2 Å². The summed E-state index contributed by atoms with van der Waals surface area (Å²) in [6.07, 6.45) is 3.94. The lowest BCUT2D eigenvalue weighted by molar-refractivity contribution is 0.235. The molecule has 5 nitrogen and oxygen atoms in total. The van der Waals surface area contributed by atoms with Crippen molar-refractivity contribution in [3.05, 3.63) is 23.2 Å². The third kappa shape index (κ3) is 6.18. The number of benzene rings is 1. The molecule has 22 heavy (non-hydrogen) atoms. The molecule has 1 aliphatic rings. The van der Waals surface area contributed by atoms with Crippen LogP contribution in [0.1, 0.15) is 19.3 Å².